The molecule has 0 bridgehead atoms. The SMILES string of the molecule is [2H]C([2H])([2H])N1C(=O)C(C([2H])([2H])C([2H])([2H])[2H])N(C([2H])(C)C([2H])([2H])[2H])c2nc(Cl)ncc21. The van der Waals surface area contributed by atoms with Crippen LogP contribution < -0.4 is 9.80 Å². The summed E-state index contributed by atoms with van der Waals surface area (Å²) < 4.78 is 93.1. The zero-order valence-electron chi connectivity index (χ0n) is 21.2. The molecule has 0 fully saturated rings. The second-order valence-corrected chi connectivity index (χ2v) is 3.86. The second-order valence-electron chi connectivity index (χ2n) is 3.52. The van der Waals surface area contributed by atoms with E-state index in [9.17, 15) is 4.79 Å². The molecule has 18 heavy (non-hydrogen) atoms. The van der Waals surface area contributed by atoms with Crippen molar-refractivity contribution in [3.05, 3.63) is 11.5 Å². The van der Waals surface area contributed by atoms with Gasteiger partial charge in [-0.3, -0.25) is 4.79 Å². The molecule has 1 aromatic heterocycles. The summed E-state index contributed by atoms with van der Waals surface area (Å²) in [5.74, 6) is -2.25. The number of anilines is 2. The molecular weight excluding hydrogens is 252 g/mol. The van der Waals surface area contributed by atoms with Gasteiger partial charge in [-0.25, -0.2) is 4.98 Å². The van der Waals surface area contributed by atoms with Crippen LogP contribution in [0.5, 0.6) is 0 Å². The van der Waals surface area contributed by atoms with Gasteiger partial charge in [0.15, 0.2) is 5.82 Å². The van der Waals surface area contributed by atoms with Crippen LogP contribution in [-0.2, 0) is 4.79 Å². The van der Waals surface area contributed by atoms with Crippen LogP contribution in [0.15, 0.2) is 6.20 Å². The zero-order chi connectivity index (χ0) is 23.7. The number of rotatable bonds is 2. The van der Waals surface area contributed by atoms with Crippen LogP contribution in [0.25, 0.3) is 0 Å². The Balaban J connectivity index is 2.99. The van der Waals surface area contributed by atoms with Crippen LogP contribution in [-0.4, -0.2) is 34.9 Å². The normalized spacial score (nSPS) is 35.4. The number of nitrogens with zero attached hydrogens (tertiary/aromatic N) is 4. The summed E-state index contributed by atoms with van der Waals surface area (Å²) >= 11 is 5.76. The van der Waals surface area contributed by atoms with Gasteiger partial charge in [-0.15, -0.1) is 0 Å². The summed E-state index contributed by atoms with van der Waals surface area (Å²) in [7, 11) is 0. The van der Waals surface area contributed by atoms with Crippen LogP contribution in [0.4, 0.5) is 11.5 Å². The number of fused-ring (bicyclic) bond motifs is 1. The summed E-state index contributed by atoms with van der Waals surface area (Å²) in [6, 6.07) is -5.36. The van der Waals surface area contributed by atoms with E-state index in [1.165, 1.54) is 0 Å². The number of amides is 1. The Bertz CT molecular complexity index is 849. The fraction of sp³-hybridized carbons (Fsp3) is 0.583. The first-order chi connectivity index (χ1) is 13.2. The molecule has 2 atom stereocenters. The van der Waals surface area contributed by atoms with Crippen molar-refractivity contribution in [2.45, 2.75) is 39.1 Å². The smallest absolute Gasteiger partial charge is 0.249 e. The van der Waals surface area contributed by atoms with Crippen LogP contribution in [0.3, 0.4) is 0 Å². The average molecular weight is 281 g/mol. The molecule has 1 aromatic rings. The van der Waals surface area contributed by atoms with E-state index < -0.39 is 61.8 Å². The van der Waals surface area contributed by atoms with Crippen LogP contribution in [0.2, 0.25) is 5.28 Å². The Labute approximate surface area is 129 Å². The molecule has 1 aliphatic rings. The number of hydrogen-bond donors (Lipinski definition) is 0. The third kappa shape index (κ3) is 1.92. The van der Waals surface area contributed by atoms with Gasteiger partial charge in [0.25, 0.3) is 0 Å². The van der Waals surface area contributed by atoms with E-state index in [0.29, 0.717) is 4.90 Å². The molecule has 6 heteroatoms. The lowest BCUT2D eigenvalue weighted by atomic mass is 10.1. The molecule has 0 aromatic carbocycles. The Morgan fingerprint density at radius 3 is 3.28 bits per heavy atom. The van der Waals surface area contributed by atoms with Crippen molar-refractivity contribution in [3.63, 3.8) is 0 Å². The van der Waals surface area contributed by atoms with Crippen molar-refractivity contribution in [2.75, 3.05) is 16.8 Å². The predicted octanol–water partition coefficient (Wildman–Crippen LogP) is 2.10. The lowest BCUT2D eigenvalue weighted by molar-refractivity contribution is -0.120. The first-order valence-corrected chi connectivity index (χ1v) is 5.19. The summed E-state index contributed by atoms with van der Waals surface area (Å²) in [6.45, 7) is -9.12. The van der Waals surface area contributed by atoms with Gasteiger partial charge in [0.05, 0.1) is 7.57 Å². The quantitative estimate of drug-likeness (QED) is 0.779. The number of carbonyl (C=O) groups excluding carboxylic acids is 1. The van der Waals surface area contributed by atoms with Gasteiger partial charge in [-0.2, -0.15) is 4.98 Å². The van der Waals surface area contributed by atoms with Crippen molar-refractivity contribution in [2.24, 2.45) is 0 Å². The van der Waals surface area contributed by atoms with E-state index >= 15 is 0 Å². The maximum Gasteiger partial charge on any atom is 0.249 e. The zero-order valence-corrected chi connectivity index (χ0v) is 9.99. The molecule has 2 heterocycles. The number of hydrogen-bond acceptors (Lipinski definition) is 4. The standard InChI is InChI=1S/C12H17ClN4O/c1-5-8-11(18)16(4)9-6-14-12(13)15-10(9)17(8)7(2)3/h6-8H,5H2,1-4H3/i1D3,2D3,4D3,5D2,7D. The molecule has 0 N–H and O–H groups in total. The first kappa shape index (κ1) is 4.63. The summed E-state index contributed by atoms with van der Waals surface area (Å²) in [4.78, 5) is 21.0. The van der Waals surface area contributed by atoms with Gasteiger partial charge >= 0.3 is 0 Å². The molecule has 5 nitrogen and oxygen atoms in total. The maximum atomic E-state index is 13.2. The molecule has 0 radical (unpaired) electrons. The highest BCUT2D eigenvalue weighted by molar-refractivity contribution is 6.28. The summed E-state index contributed by atoms with van der Waals surface area (Å²) in [6.07, 6.45) is -2.67. The first-order valence-electron chi connectivity index (χ1n) is 10.8. The third-order valence-electron chi connectivity index (χ3n) is 2.40. The average Bonchev–Trinajstić information content (AvgIpc) is 2.50. The Kier molecular flexibility index (Phi) is 1.22. The lowest BCUT2D eigenvalue weighted by Gasteiger charge is -2.42. The van der Waals surface area contributed by atoms with Crippen molar-refractivity contribution >= 4 is 29.0 Å². The van der Waals surface area contributed by atoms with Crippen molar-refractivity contribution in [1.82, 2.24) is 9.97 Å². The highest BCUT2D eigenvalue weighted by atomic mass is 35.5. The third-order valence-corrected chi connectivity index (χ3v) is 2.58. The van der Waals surface area contributed by atoms with Crippen molar-refractivity contribution < 1.29 is 21.2 Å². The molecular formula is C12H17ClN4O. The Hall–Kier alpha value is -1.36. The highest BCUT2D eigenvalue weighted by Gasteiger charge is 2.38. The van der Waals surface area contributed by atoms with Gasteiger partial charge in [0, 0.05) is 28.1 Å². The minimum absolute atomic E-state index is 0.110. The number of halogens is 1. The van der Waals surface area contributed by atoms with E-state index in [2.05, 4.69) is 9.97 Å². The van der Waals surface area contributed by atoms with E-state index in [0.717, 1.165) is 13.1 Å². The summed E-state index contributed by atoms with van der Waals surface area (Å²) in [5.41, 5.74) is -0.565. The maximum absolute atomic E-state index is 13.2. The molecule has 1 amide bonds. The summed E-state index contributed by atoms with van der Waals surface area (Å²) in [5, 5.41) is -0.520. The molecule has 2 unspecified atom stereocenters. The highest BCUT2D eigenvalue weighted by Crippen LogP contribution is 2.35. The molecule has 0 aliphatic carbocycles. The van der Waals surface area contributed by atoms with E-state index in [1.54, 1.807) is 0 Å². The van der Waals surface area contributed by atoms with E-state index in [4.69, 9.17) is 28.1 Å². The van der Waals surface area contributed by atoms with Crippen LogP contribution in [0, 0.1) is 0 Å². The topological polar surface area (TPSA) is 49.3 Å². The molecule has 2 rings (SSSR count). The van der Waals surface area contributed by atoms with Crippen LogP contribution >= 0.6 is 11.6 Å². The minimum atomic E-state index is -3.49. The predicted molar refractivity (Wildman–Crippen MR) is 72.1 cm³/mol. The van der Waals surface area contributed by atoms with Gasteiger partial charge in [-0.05, 0) is 31.7 Å². The second kappa shape index (κ2) is 4.72. The molecule has 0 spiro atoms. The lowest BCUT2D eigenvalue weighted by Crippen LogP contribution is -2.54. The van der Waals surface area contributed by atoms with Gasteiger partial charge in [0.1, 0.15) is 11.7 Å². The van der Waals surface area contributed by atoms with Crippen molar-refractivity contribution in [3.8, 4) is 0 Å². The molecule has 1 aliphatic heterocycles. The molecule has 98 valence electrons. The fourth-order valence-corrected chi connectivity index (χ4v) is 1.76. The van der Waals surface area contributed by atoms with E-state index in [1.807, 2.05) is 0 Å². The largest absolute Gasteiger partial charge is 0.340 e. The number of aromatic nitrogens is 2. The van der Waals surface area contributed by atoms with Crippen LogP contribution in [0.1, 0.15) is 43.4 Å². The fourth-order valence-electron chi connectivity index (χ4n) is 1.63. The van der Waals surface area contributed by atoms with E-state index in [-0.39, 0.29) is 4.90 Å². The van der Waals surface area contributed by atoms with Gasteiger partial charge in [0.2, 0.25) is 11.2 Å². The molecule has 0 saturated heterocycles. The van der Waals surface area contributed by atoms with Crippen molar-refractivity contribution in [1.29, 1.82) is 0 Å². The monoisotopic (exact) mass is 280 g/mol. The van der Waals surface area contributed by atoms with Gasteiger partial charge in [-0.1, -0.05) is 6.85 Å². The minimum Gasteiger partial charge on any atom is -0.340 e. The Morgan fingerprint density at radius 2 is 2.61 bits per heavy atom. The van der Waals surface area contributed by atoms with Gasteiger partial charge < -0.3 is 9.80 Å². The number of likely N-dealkylation sites (N-methyl/N-ethyl adjacent to an activating group) is 1. The number of carbonyl (C=O) groups is 1. The molecule has 0 saturated carbocycles. The Morgan fingerprint density at radius 1 is 1.78 bits per heavy atom.